The summed E-state index contributed by atoms with van der Waals surface area (Å²) in [4.78, 5) is 15.3. The molecule has 2 heterocycles. The van der Waals surface area contributed by atoms with Gasteiger partial charge in [0.1, 0.15) is 11.6 Å². The van der Waals surface area contributed by atoms with E-state index in [9.17, 15) is 9.18 Å². The summed E-state index contributed by atoms with van der Waals surface area (Å²) in [6.45, 7) is -0.422. The Labute approximate surface area is 204 Å². The normalized spacial score (nSPS) is 14.0. The molecule has 10 heteroatoms. The molecular formula is C25H19FN4O4S. The van der Waals surface area contributed by atoms with Crippen molar-refractivity contribution in [1.82, 2.24) is 15.2 Å². The molecular weight excluding hydrogens is 471 g/mol. The van der Waals surface area contributed by atoms with Crippen molar-refractivity contribution in [2.75, 3.05) is 11.9 Å². The van der Waals surface area contributed by atoms with Gasteiger partial charge in [0, 0.05) is 22.6 Å². The molecule has 0 saturated heterocycles. The van der Waals surface area contributed by atoms with E-state index in [1.807, 2.05) is 24.3 Å². The van der Waals surface area contributed by atoms with Crippen LogP contribution in [0.15, 0.2) is 78.0 Å². The zero-order chi connectivity index (χ0) is 24.2. The van der Waals surface area contributed by atoms with Crippen molar-refractivity contribution in [3.05, 3.63) is 89.7 Å². The second kappa shape index (κ2) is 9.98. The highest BCUT2D eigenvalue weighted by molar-refractivity contribution is 7.98. The Bertz CT molecular complexity index is 1370. The van der Waals surface area contributed by atoms with Crippen molar-refractivity contribution in [3.63, 3.8) is 0 Å². The van der Waals surface area contributed by atoms with Crippen LogP contribution in [0.5, 0.6) is 11.6 Å². The average molecular weight is 491 g/mol. The topological polar surface area (TPSA) is 106 Å². The quantitative estimate of drug-likeness (QED) is 0.349. The fraction of sp³-hybridized carbons (Fsp3) is 0.120. The molecule has 35 heavy (non-hydrogen) atoms. The summed E-state index contributed by atoms with van der Waals surface area (Å²) in [5.74, 6) is -0.255. The van der Waals surface area contributed by atoms with Crippen molar-refractivity contribution in [1.29, 1.82) is 0 Å². The van der Waals surface area contributed by atoms with E-state index in [4.69, 9.17) is 14.6 Å². The van der Waals surface area contributed by atoms with Gasteiger partial charge in [-0.1, -0.05) is 48.2 Å². The monoisotopic (exact) mass is 490 g/mol. The van der Waals surface area contributed by atoms with E-state index in [2.05, 4.69) is 20.5 Å². The summed E-state index contributed by atoms with van der Waals surface area (Å²) in [5.41, 5.74) is 3.40. The first-order chi connectivity index (χ1) is 17.1. The molecule has 8 nitrogen and oxygen atoms in total. The van der Waals surface area contributed by atoms with Gasteiger partial charge in [0.15, 0.2) is 18.5 Å². The highest BCUT2D eigenvalue weighted by atomic mass is 32.2. The van der Waals surface area contributed by atoms with E-state index in [0.29, 0.717) is 33.8 Å². The molecule has 1 aromatic heterocycles. The average Bonchev–Trinajstić information content (AvgIpc) is 3.04. The van der Waals surface area contributed by atoms with Crippen LogP contribution in [0.25, 0.3) is 11.3 Å². The van der Waals surface area contributed by atoms with Crippen LogP contribution in [0.2, 0.25) is 0 Å². The Morgan fingerprint density at radius 3 is 2.63 bits per heavy atom. The first-order valence-corrected chi connectivity index (χ1v) is 11.6. The SMILES string of the molecule is O=C(O)COc1ccc([C@@H]2Nc3ccccc3-c3nnc(SCc4ccccc4F)nc3O2)cc1. The Balaban J connectivity index is 1.42. The molecule has 2 N–H and O–H groups in total. The number of carboxylic acids is 1. The number of thioether (sulfide) groups is 1. The molecule has 176 valence electrons. The van der Waals surface area contributed by atoms with Crippen molar-refractivity contribution in [2.24, 2.45) is 0 Å². The number of benzene rings is 3. The summed E-state index contributed by atoms with van der Waals surface area (Å²) in [5, 5.41) is 21.1. The second-order valence-corrected chi connectivity index (χ2v) is 8.51. The molecule has 3 aromatic carbocycles. The summed E-state index contributed by atoms with van der Waals surface area (Å²) < 4.78 is 25.4. The Morgan fingerprint density at radius 2 is 1.83 bits per heavy atom. The van der Waals surface area contributed by atoms with Crippen LogP contribution in [-0.4, -0.2) is 32.9 Å². The third-order valence-electron chi connectivity index (χ3n) is 5.19. The molecule has 0 saturated carbocycles. The van der Waals surface area contributed by atoms with Crippen LogP contribution in [0, 0.1) is 5.82 Å². The van der Waals surface area contributed by atoms with E-state index in [0.717, 1.165) is 16.8 Å². The van der Waals surface area contributed by atoms with Gasteiger partial charge in [-0.05, 0) is 42.0 Å². The van der Waals surface area contributed by atoms with Gasteiger partial charge in [-0.3, -0.25) is 0 Å². The molecule has 5 rings (SSSR count). The number of aliphatic carboxylic acids is 1. The summed E-state index contributed by atoms with van der Waals surface area (Å²) in [6, 6.07) is 21.1. The number of ether oxygens (including phenoxy) is 2. The molecule has 0 bridgehead atoms. The molecule has 0 spiro atoms. The number of fused-ring (bicyclic) bond motifs is 3. The molecule has 4 aromatic rings. The molecule has 0 fully saturated rings. The zero-order valence-corrected chi connectivity index (χ0v) is 19.0. The minimum absolute atomic E-state index is 0.284. The number of aromatic nitrogens is 3. The number of anilines is 1. The fourth-order valence-electron chi connectivity index (χ4n) is 3.50. The van der Waals surface area contributed by atoms with Crippen molar-refractivity contribution < 1.29 is 23.8 Å². The predicted molar refractivity (Wildman–Crippen MR) is 128 cm³/mol. The van der Waals surface area contributed by atoms with Crippen molar-refractivity contribution in [2.45, 2.75) is 17.1 Å². The summed E-state index contributed by atoms with van der Waals surface area (Å²) in [7, 11) is 0. The Hall–Kier alpha value is -4.18. The third-order valence-corrected chi connectivity index (χ3v) is 6.08. The summed E-state index contributed by atoms with van der Waals surface area (Å²) in [6.07, 6.45) is -0.605. The van der Waals surface area contributed by atoms with Gasteiger partial charge in [-0.25, -0.2) is 9.18 Å². The van der Waals surface area contributed by atoms with Gasteiger partial charge in [0.25, 0.3) is 0 Å². The second-order valence-electron chi connectivity index (χ2n) is 7.57. The number of carboxylic acid groups (broad SMARTS) is 1. The van der Waals surface area contributed by atoms with Crippen LogP contribution < -0.4 is 14.8 Å². The number of halogens is 1. The lowest BCUT2D eigenvalue weighted by atomic mass is 10.1. The smallest absolute Gasteiger partial charge is 0.341 e. The maximum Gasteiger partial charge on any atom is 0.341 e. The lowest BCUT2D eigenvalue weighted by Crippen LogP contribution is -2.17. The van der Waals surface area contributed by atoms with Gasteiger partial charge in [-0.15, -0.1) is 10.2 Å². The van der Waals surface area contributed by atoms with E-state index >= 15 is 0 Å². The molecule has 0 aliphatic carbocycles. The van der Waals surface area contributed by atoms with Gasteiger partial charge in [0.05, 0.1) is 0 Å². The van der Waals surface area contributed by atoms with Crippen LogP contribution in [-0.2, 0) is 10.5 Å². The zero-order valence-electron chi connectivity index (χ0n) is 18.2. The minimum Gasteiger partial charge on any atom is -0.482 e. The highest BCUT2D eigenvalue weighted by Crippen LogP contribution is 2.39. The molecule has 0 unspecified atom stereocenters. The maximum atomic E-state index is 14.0. The van der Waals surface area contributed by atoms with Gasteiger partial charge in [0.2, 0.25) is 11.0 Å². The van der Waals surface area contributed by atoms with E-state index in [-0.39, 0.29) is 5.82 Å². The Kier molecular flexibility index (Phi) is 6.44. The molecule has 1 aliphatic heterocycles. The molecule has 0 amide bonds. The van der Waals surface area contributed by atoms with Crippen molar-refractivity contribution >= 4 is 23.4 Å². The number of rotatable bonds is 7. The first kappa shape index (κ1) is 22.6. The number of para-hydroxylation sites is 1. The number of hydrogen-bond donors (Lipinski definition) is 2. The minimum atomic E-state index is -1.05. The highest BCUT2D eigenvalue weighted by Gasteiger charge is 2.26. The first-order valence-electron chi connectivity index (χ1n) is 10.6. The number of hydrogen-bond acceptors (Lipinski definition) is 8. The predicted octanol–water partition coefficient (Wildman–Crippen LogP) is 4.94. The number of carbonyl (C=O) groups is 1. The Morgan fingerprint density at radius 1 is 1.06 bits per heavy atom. The number of nitrogens with zero attached hydrogens (tertiary/aromatic N) is 3. The molecule has 1 atom stereocenters. The van der Waals surface area contributed by atoms with E-state index in [1.165, 1.54) is 17.8 Å². The standard InChI is InChI=1S/C25H19FN4O4S/c26-19-7-3-1-5-16(19)14-35-25-28-24-22(29-30-25)18-6-2-4-8-20(18)27-23(34-24)15-9-11-17(12-10-15)33-13-21(31)32/h1-12,23,27H,13-14H2,(H,31,32)/t23-/m1/s1. The van der Waals surface area contributed by atoms with Gasteiger partial charge < -0.3 is 19.9 Å². The van der Waals surface area contributed by atoms with Crippen LogP contribution in [0.3, 0.4) is 0 Å². The van der Waals surface area contributed by atoms with Crippen molar-refractivity contribution in [3.8, 4) is 22.9 Å². The number of nitrogens with one attached hydrogen (secondary N) is 1. The lowest BCUT2D eigenvalue weighted by molar-refractivity contribution is -0.139. The van der Waals surface area contributed by atoms with E-state index < -0.39 is 18.8 Å². The largest absolute Gasteiger partial charge is 0.482 e. The fourth-order valence-corrected chi connectivity index (χ4v) is 4.27. The van der Waals surface area contributed by atoms with Gasteiger partial charge >= 0.3 is 5.97 Å². The lowest BCUT2D eigenvalue weighted by Gasteiger charge is -2.19. The third kappa shape index (κ3) is 5.17. The van der Waals surface area contributed by atoms with Crippen LogP contribution in [0.1, 0.15) is 17.4 Å². The van der Waals surface area contributed by atoms with E-state index in [1.54, 1.807) is 42.5 Å². The summed E-state index contributed by atoms with van der Waals surface area (Å²) >= 11 is 1.27. The molecule has 0 radical (unpaired) electrons. The maximum absolute atomic E-state index is 14.0. The van der Waals surface area contributed by atoms with Gasteiger partial charge in [-0.2, -0.15) is 4.98 Å². The van der Waals surface area contributed by atoms with Crippen LogP contribution >= 0.6 is 11.8 Å². The molecule has 1 aliphatic rings. The van der Waals surface area contributed by atoms with Crippen LogP contribution in [0.4, 0.5) is 10.1 Å².